The number of rotatable bonds is 5. The fourth-order valence-electron chi connectivity index (χ4n) is 7.94. The summed E-state index contributed by atoms with van der Waals surface area (Å²) in [5, 5.41) is 21.8. The molecule has 1 aromatic carbocycles. The topological polar surface area (TPSA) is 66.8 Å². The summed E-state index contributed by atoms with van der Waals surface area (Å²) < 4.78 is 5.64. The standard InChI is InChI=1S/C26H36O4/c1-3-4-5-6-7-17-14-25(2)21(13-22-26(25,29)15-23(28)30-22)20-10-8-16-12-18(27)9-11-19(16)24(17)20/h9,11-12,17,20-22,24,27,29H,3-8,10,13-15H2,1-2H3/t17-,20-,21-,22?,24+,25-,26+/m0/s1. The molecule has 3 fully saturated rings. The first-order valence-electron chi connectivity index (χ1n) is 12.1. The Morgan fingerprint density at radius 3 is 2.87 bits per heavy atom. The average molecular weight is 413 g/mol. The molecule has 2 N–H and O–H groups in total. The lowest BCUT2D eigenvalue weighted by Gasteiger charge is -2.56. The van der Waals surface area contributed by atoms with E-state index in [0.29, 0.717) is 29.4 Å². The third-order valence-electron chi connectivity index (χ3n) is 9.33. The van der Waals surface area contributed by atoms with Crippen LogP contribution in [-0.2, 0) is 16.0 Å². The average Bonchev–Trinajstić information content (AvgIpc) is 3.11. The number of aliphatic hydroxyl groups is 1. The van der Waals surface area contributed by atoms with Crippen LogP contribution < -0.4 is 0 Å². The van der Waals surface area contributed by atoms with Crippen molar-refractivity contribution < 1.29 is 19.7 Å². The summed E-state index contributed by atoms with van der Waals surface area (Å²) in [6, 6.07) is 5.97. The molecule has 164 valence electrons. The van der Waals surface area contributed by atoms with Gasteiger partial charge in [-0.3, -0.25) is 4.79 Å². The Morgan fingerprint density at radius 2 is 2.07 bits per heavy atom. The first kappa shape index (κ1) is 20.4. The molecule has 7 atom stereocenters. The van der Waals surface area contributed by atoms with Gasteiger partial charge in [0.25, 0.3) is 0 Å². The summed E-state index contributed by atoms with van der Waals surface area (Å²) in [4.78, 5) is 12.1. The van der Waals surface area contributed by atoms with Crippen molar-refractivity contribution in [2.45, 2.75) is 95.7 Å². The van der Waals surface area contributed by atoms with Crippen LogP contribution in [0.3, 0.4) is 0 Å². The van der Waals surface area contributed by atoms with Gasteiger partial charge in [-0.15, -0.1) is 0 Å². The normalized spacial score (nSPS) is 41.6. The maximum absolute atomic E-state index is 12.1. The molecule has 4 nitrogen and oxygen atoms in total. The molecule has 1 aromatic rings. The highest BCUT2D eigenvalue weighted by atomic mass is 16.6. The number of hydrogen-bond acceptors (Lipinski definition) is 4. The van der Waals surface area contributed by atoms with Crippen molar-refractivity contribution in [3.8, 4) is 5.75 Å². The Bertz CT molecular complexity index is 834. The van der Waals surface area contributed by atoms with E-state index in [-0.39, 0.29) is 23.9 Å². The van der Waals surface area contributed by atoms with Crippen molar-refractivity contribution in [2.24, 2.45) is 23.2 Å². The summed E-state index contributed by atoms with van der Waals surface area (Å²) in [5.41, 5.74) is 1.47. The number of fused-ring (bicyclic) bond motifs is 7. The van der Waals surface area contributed by atoms with Crippen LogP contribution in [0.5, 0.6) is 5.75 Å². The van der Waals surface area contributed by atoms with Crippen molar-refractivity contribution >= 4 is 5.97 Å². The Morgan fingerprint density at radius 1 is 1.23 bits per heavy atom. The molecule has 4 aliphatic rings. The van der Waals surface area contributed by atoms with Crippen LogP contribution in [0.25, 0.3) is 0 Å². The maximum Gasteiger partial charge on any atom is 0.309 e. The number of hydrogen-bond donors (Lipinski definition) is 2. The van der Waals surface area contributed by atoms with E-state index in [1.54, 1.807) is 0 Å². The highest BCUT2D eigenvalue weighted by molar-refractivity contribution is 5.74. The SMILES string of the molecule is CCCCCC[C@H]1C[C@@]2(C)[C@@H](CC3OC(=O)C[C@@]32O)[C@@H]2CCc3cc(O)ccc3[C@@H]12. The maximum atomic E-state index is 12.1. The number of esters is 1. The van der Waals surface area contributed by atoms with Crippen LogP contribution in [0, 0.1) is 23.2 Å². The van der Waals surface area contributed by atoms with E-state index in [1.807, 2.05) is 12.1 Å². The van der Waals surface area contributed by atoms with E-state index < -0.39 is 5.60 Å². The second kappa shape index (κ2) is 7.25. The molecule has 4 heteroatoms. The van der Waals surface area contributed by atoms with Crippen molar-refractivity contribution in [3.05, 3.63) is 29.3 Å². The first-order valence-corrected chi connectivity index (χ1v) is 12.1. The minimum absolute atomic E-state index is 0.162. The zero-order chi connectivity index (χ0) is 21.1. The van der Waals surface area contributed by atoms with Crippen LogP contribution >= 0.6 is 0 Å². The Balaban J connectivity index is 1.51. The molecule has 0 aromatic heterocycles. The number of aromatic hydroxyl groups is 1. The molecular formula is C26H36O4. The number of phenolic OH excluding ortho intramolecular Hbond substituents is 1. The van der Waals surface area contributed by atoms with Crippen LogP contribution in [-0.4, -0.2) is 27.9 Å². The van der Waals surface area contributed by atoms with Gasteiger partial charge < -0.3 is 14.9 Å². The van der Waals surface area contributed by atoms with Crippen molar-refractivity contribution in [2.75, 3.05) is 0 Å². The van der Waals surface area contributed by atoms with Gasteiger partial charge in [0, 0.05) is 5.41 Å². The largest absolute Gasteiger partial charge is 0.508 e. The molecule has 5 rings (SSSR count). The van der Waals surface area contributed by atoms with E-state index in [2.05, 4.69) is 19.9 Å². The minimum atomic E-state index is -1.00. The van der Waals surface area contributed by atoms with E-state index in [4.69, 9.17) is 4.74 Å². The fraction of sp³-hybridized carbons (Fsp3) is 0.731. The summed E-state index contributed by atoms with van der Waals surface area (Å²) in [5.74, 6) is 2.05. The Labute approximate surface area is 180 Å². The molecule has 0 radical (unpaired) electrons. The second-order valence-electron chi connectivity index (χ2n) is 10.8. The third kappa shape index (κ3) is 2.86. The summed E-state index contributed by atoms with van der Waals surface area (Å²) in [7, 11) is 0. The molecule has 3 aliphatic carbocycles. The van der Waals surface area contributed by atoms with Crippen LogP contribution in [0.2, 0.25) is 0 Å². The molecule has 1 saturated heterocycles. The highest BCUT2D eigenvalue weighted by Crippen LogP contribution is 2.68. The summed E-state index contributed by atoms with van der Waals surface area (Å²) in [6.07, 6.45) is 9.88. The molecule has 0 bridgehead atoms. The fourth-order valence-corrected chi connectivity index (χ4v) is 7.94. The molecule has 0 spiro atoms. The van der Waals surface area contributed by atoms with Crippen molar-refractivity contribution in [3.63, 3.8) is 0 Å². The quantitative estimate of drug-likeness (QED) is 0.521. The molecular weight excluding hydrogens is 376 g/mol. The lowest BCUT2D eigenvalue weighted by Crippen LogP contribution is -2.54. The van der Waals surface area contributed by atoms with Gasteiger partial charge in [0.15, 0.2) is 0 Å². The zero-order valence-corrected chi connectivity index (χ0v) is 18.4. The first-order chi connectivity index (χ1) is 14.4. The monoisotopic (exact) mass is 412 g/mol. The van der Waals surface area contributed by atoms with E-state index in [9.17, 15) is 15.0 Å². The number of phenols is 1. The minimum Gasteiger partial charge on any atom is -0.508 e. The van der Waals surface area contributed by atoms with Crippen LogP contribution in [0.15, 0.2) is 18.2 Å². The predicted molar refractivity (Wildman–Crippen MR) is 115 cm³/mol. The highest BCUT2D eigenvalue weighted by Gasteiger charge is 2.71. The van der Waals surface area contributed by atoms with Gasteiger partial charge in [0.1, 0.15) is 17.5 Å². The van der Waals surface area contributed by atoms with Gasteiger partial charge >= 0.3 is 5.97 Å². The molecule has 1 aliphatic heterocycles. The number of benzene rings is 1. The molecule has 2 saturated carbocycles. The predicted octanol–water partition coefficient (Wildman–Crippen LogP) is 5.10. The van der Waals surface area contributed by atoms with E-state index >= 15 is 0 Å². The smallest absolute Gasteiger partial charge is 0.309 e. The van der Waals surface area contributed by atoms with Gasteiger partial charge in [-0.1, -0.05) is 45.6 Å². The van der Waals surface area contributed by atoms with Crippen molar-refractivity contribution in [1.29, 1.82) is 0 Å². The molecule has 1 unspecified atom stereocenters. The van der Waals surface area contributed by atoms with Gasteiger partial charge in [-0.2, -0.15) is 0 Å². The number of unbranched alkanes of at least 4 members (excludes halogenated alkanes) is 3. The second-order valence-corrected chi connectivity index (χ2v) is 10.8. The zero-order valence-electron chi connectivity index (χ0n) is 18.4. The van der Waals surface area contributed by atoms with Gasteiger partial charge in [-0.05, 0) is 79.0 Å². The number of carbonyl (C=O) groups is 1. The Kier molecular flexibility index (Phi) is 4.92. The van der Waals surface area contributed by atoms with Crippen molar-refractivity contribution in [1.82, 2.24) is 0 Å². The lowest BCUT2D eigenvalue weighted by atomic mass is 9.49. The molecule has 30 heavy (non-hydrogen) atoms. The molecule has 0 amide bonds. The van der Waals surface area contributed by atoms with Gasteiger partial charge in [0.05, 0.1) is 6.42 Å². The lowest BCUT2D eigenvalue weighted by molar-refractivity contribution is -0.142. The number of aryl methyl sites for hydroxylation is 1. The van der Waals surface area contributed by atoms with E-state index in [1.165, 1.54) is 43.2 Å². The summed E-state index contributed by atoms with van der Waals surface area (Å²) in [6.45, 7) is 4.50. The Hall–Kier alpha value is -1.55. The van der Waals surface area contributed by atoms with Gasteiger partial charge in [-0.25, -0.2) is 0 Å². The number of carbonyl (C=O) groups excluding carboxylic acids is 1. The van der Waals surface area contributed by atoms with Crippen LogP contribution in [0.4, 0.5) is 0 Å². The summed E-state index contributed by atoms with van der Waals surface area (Å²) >= 11 is 0. The molecule has 1 heterocycles. The number of ether oxygens (including phenoxy) is 1. The van der Waals surface area contributed by atoms with E-state index in [0.717, 1.165) is 25.7 Å². The van der Waals surface area contributed by atoms with Gasteiger partial charge in [0.2, 0.25) is 0 Å². The van der Waals surface area contributed by atoms with Crippen LogP contribution in [0.1, 0.15) is 88.7 Å². The third-order valence-corrected chi connectivity index (χ3v) is 9.33.